The number of thioether (sulfide) groups is 1. The molecule has 0 aliphatic heterocycles. The summed E-state index contributed by atoms with van der Waals surface area (Å²) in [6, 6.07) is 8.43. The van der Waals surface area contributed by atoms with Crippen LogP contribution in [0.2, 0.25) is 0 Å². The van der Waals surface area contributed by atoms with Gasteiger partial charge in [0.05, 0.1) is 6.07 Å². The van der Waals surface area contributed by atoms with Crippen LogP contribution in [0.25, 0.3) is 0 Å². The van der Waals surface area contributed by atoms with Crippen molar-refractivity contribution in [2.75, 3.05) is 5.75 Å². The van der Waals surface area contributed by atoms with Crippen LogP contribution in [-0.4, -0.2) is 5.75 Å². The monoisotopic (exact) mass is 181 g/mol. The SMILES string of the molecule is N#CCCSc1cccc(F)c1. The first-order valence-electron chi connectivity index (χ1n) is 3.58. The number of benzene rings is 1. The average Bonchev–Trinajstić information content (AvgIpc) is 2.05. The van der Waals surface area contributed by atoms with Gasteiger partial charge in [0.1, 0.15) is 5.82 Å². The lowest BCUT2D eigenvalue weighted by Crippen LogP contribution is -1.78. The Morgan fingerprint density at radius 2 is 2.33 bits per heavy atom. The summed E-state index contributed by atoms with van der Waals surface area (Å²) < 4.78 is 12.6. The molecule has 62 valence electrons. The second-order valence-corrected chi connectivity index (χ2v) is 3.38. The summed E-state index contributed by atoms with van der Waals surface area (Å²) in [5.74, 6) is 0.497. The first-order chi connectivity index (χ1) is 5.83. The molecule has 12 heavy (non-hydrogen) atoms. The normalized spacial score (nSPS) is 9.33. The number of rotatable bonds is 3. The molecular formula is C9H8FNS. The number of halogens is 1. The van der Waals surface area contributed by atoms with Gasteiger partial charge in [0, 0.05) is 17.1 Å². The molecule has 0 saturated carbocycles. The summed E-state index contributed by atoms with van der Waals surface area (Å²) in [6.45, 7) is 0. The number of hydrogen-bond donors (Lipinski definition) is 0. The molecule has 0 heterocycles. The highest BCUT2D eigenvalue weighted by Gasteiger charge is 1.94. The average molecular weight is 181 g/mol. The number of hydrogen-bond acceptors (Lipinski definition) is 2. The minimum Gasteiger partial charge on any atom is -0.207 e. The third kappa shape index (κ3) is 2.93. The highest BCUT2D eigenvalue weighted by atomic mass is 32.2. The van der Waals surface area contributed by atoms with Crippen LogP contribution in [-0.2, 0) is 0 Å². The molecule has 0 radical (unpaired) electrons. The fourth-order valence-corrected chi connectivity index (χ4v) is 1.57. The molecule has 3 heteroatoms. The fourth-order valence-electron chi connectivity index (χ4n) is 0.771. The molecule has 1 nitrogen and oxygen atoms in total. The molecule has 0 fully saturated rings. The molecule has 0 spiro atoms. The van der Waals surface area contributed by atoms with Crippen molar-refractivity contribution >= 4 is 11.8 Å². The summed E-state index contributed by atoms with van der Waals surface area (Å²) in [5, 5.41) is 8.26. The predicted molar refractivity (Wildman–Crippen MR) is 47.4 cm³/mol. The zero-order valence-corrected chi connectivity index (χ0v) is 7.27. The summed E-state index contributed by atoms with van der Waals surface area (Å²) in [6.07, 6.45) is 0.501. The van der Waals surface area contributed by atoms with E-state index >= 15 is 0 Å². The molecule has 0 saturated heterocycles. The van der Waals surface area contributed by atoms with Gasteiger partial charge in [-0.3, -0.25) is 0 Å². The van der Waals surface area contributed by atoms with Gasteiger partial charge in [-0.15, -0.1) is 11.8 Å². The van der Waals surface area contributed by atoms with Crippen molar-refractivity contribution in [2.24, 2.45) is 0 Å². The van der Waals surface area contributed by atoms with Crippen molar-refractivity contribution in [1.29, 1.82) is 5.26 Å². The van der Waals surface area contributed by atoms with E-state index in [9.17, 15) is 4.39 Å². The molecule has 0 aliphatic carbocycles. The quantitative estimate of drug-likeness (QED) is 0.529. The third-order valence-corrected chi connectivity index (χ3v) is 2.27. The maximum Gasteiger partial charge on any atom is 0.124 e. The van der Waals surface area contributed by atoms with Gasteiger partial charge in [0.2, 0.25) is 0 Å². The first kappa shape index (κ1) is 9.08. The molecule has 0 N–H and O–H groups in total. The van der Waals surface area contributed by atoms with Gasteiger partial charge in [0.15, 0.2) is 0 Å². The van der Waals surface area contributed by atoms with Gasteiger partial charge >= 0.3 is 0 Å². The lowest BCUT2D eigenvalue weighted by molar-refractivity contribution is 0.624. The van der Waals surface area contributed by atoms with Gasteiger partial charge in [-0.1, -0.05) is 6.07 Å². The topological polar surface area (TPSA) is 23.8 Å². The standard InChI is InChI=1S/C9H8FNS/c10-8-3-1-4-9(7-8)12-6-2-5-11/h1,3-4,7H,2,6H2. The second kappa shape index (κ2) is 4.78. The van der Waals surface area contributed by atoms with Gasteiger partial charge in [-0.05, 0) is 18.2 Å². The molecule has 0 unspecified atom stereocenters. The van der Waals surface area contributed by atoms with Crippen molar-refractivity contribution < 1.29 is 4.39 Å². The van der Waals surface area contributed by atoms with Gasteiger partial charge in [0.25, 0.3) is 0 Å². The van der Waals surface area contributed by atoms with Crippen molar-refractivity contribution in [3.05, 3.63) is 30.1 Å². The summed E-state index contributed by atoms with van der Waals surface area (Å²) in [4.78, 5) is 0.880. The smallest absolute Gasteiger partial charge is 0.124 e. The molecule has 1 aromatic rings. The van der Waals surface area contributed by atoms with Crippen molar-refractivity contribution in [3.8, 4) is 6.07 Å². The maximum atomic E-state index is 12.6. The van der Waals surface area contributed by atoms with Crippen LogP contribution >= 0.6 is 11.8 Å². The summed E-state index contributed by atoms with van der Waals surface area (Å²) in [5.41, 5.74) is 0. The zero-order chi connectivity index (χ0) is 8.81. The predicted octanol–water partition coefficient (Wildman–Crippen LogP) is 2.83. The Bertz CT molecular complexity index is 293. The fraction of sp³-hybridized carbons (Fsp3) is 0.222. The van der Waals surface area contributed by atoms with Crippen LogP contribution in [0.4, 0.5) is 4.39 Å². The molecule has 1 aromatic carbocycles. The first-order valence-corrected chi connectivity index (χ1v) is 4.57. The Kier molecular flexibility index (Phi) is 3.62. The van der Waals surface area contributed by atoms with E-state index in [2.05, 4.69) is 0 Å². The van der Waals surface area contributed by atoms with Crippen LogP contribution in [0.5, 0.6) is 0 Å². The van der Waals surface area contributed by atoms with E-state index in [0.717, 1.165) is 10.6 Å². The van der Waals surface area contributed by atoms with Gasteiger partial charge in [-0.2, -0.15) is 5.26 Å². The third-order valence-electron chi connectivity index (χ3n) is 1.28. The number of nitriles is 1. The van der Waals surface area contributed by atoms with Crippen molar-refractivity contribution in [3.63, 3.8) is 0 Å². The largest absolute Gasteiger partial charge is 0.207 e. The van der Waals surface area contributed by atoms with E-state index < -0.39 is 0 Å². The molecule has 0 aliphatic rings. The van der Waals surface area contributed by atoms with Crippen molar-refractivity contribution in [2.45, 2.75) is 11.3 Å². The molecule has 0 atom stereocenters. The lowest BCUT2D eigenvalue weighted by atomic mass is 10.4. The minimum atomic E-state index is -0.225. The number of nitrogens with zero attached hydrogens (tertiary/aromatic N) is 1. The molecule has 0 aromatic heterocycles. The van der Waals surface area contributed by atoms with Gasteiger partial charge in [-0.25, -0.2) is 4.39 Å². The maximum absolute atomic E-state index is 12.6. The van der Waals surface area contributed by atoms with E-state index in [1.807, 2.05) is 12.1 Å². The van der Waals surface area contributed by atoms with E-state index in [4.69, 9.17) is 5.26 Å². The zero-order valence-electron chi connectivity index (χ0n) is 6.46. The van der Waals surface area contributed by atoms with Gasteiger partial charge < -0.3 is 0 Å². The van der Waals surface area contributed by atoms with E-state index in [1.165, 1.54) is 23.9 Å². The van der Waals surface area contributed by atoms with Crippen LogP contribution in [0.15, 0.2) is 29.2 Å². The van der Waals surface area contributed by atoms with Crippen LogP contribution in [0, 0.1) is 17.1 Å². The van der Waals surface area contributed by atoms with Crippen molar-refractivity contribution in [1.82, 2.24) is 0 Å². The molecule has 0 bridgehead atoms. The summed E-state index contributed by atoms with van der Waals surface area (Å²) in [7, 11) is 0. The Labute approximate surface area is 75.2 Å². The highest BCUT2D eigenvalue weighted by molar-refractivity contribution is 7.99. The Morgan fingerprint density at radius 1 is 1.50 bits per heavy atom. The second-order valence-electron chi connectivity index (χ2n) is 2.21. The lowest BCUT2D eigenvalue weighted by Gasteiger charge is -1.97. The molecular weight excluding hydrogens is 173 g/mol. The Morgan fingerprint density at radius 3 is 3.00 bits per heavy atom. The minimum absolute atomic E-state index is 0.225. The summed E-state index contributed by atoms with van der Waals surface area (Å²) >= 11 is 1.50. The highest BCUT2D eigenvalue weighted by Crippen LogP contribution is 2.18. The van der Waals surface area contributed by atoms with Crippen LogP contribution in [0.1, 0.15) is 6.42 Å². The van der Waals surface area contributed by atoms with E-state index in [0.29, 0.717) is 6.42 Å². The Hall–Kier alpha value is -1.01. The van der Waals surface area contributed by atoms with E-state index in [-0.39, 0.29) is 5.82 Å². The van der Waals surface area contributed by atoms with Crippen LogP contribution in [0.3, 0.4) is 0 Å². The Balaban J connectivity index is 2.48. The molecule has 1 rings (SSSR count). The molecule has 0 amide bonds. The van der Waals surface area contributed by atoms with E-state index in [1.54, 1.807) is 6.07 Å². The van der Waals surface area contributed by atoms with Crippen LogP contribution < -0.4 is 0 Å².